The monoisotopic (exact) mass is 338 g/mol. The molecule has 0 aliphatic heterocycles. The molecule has 0 aliphatic rings. The number of aromatic nitrogens is 2. The molecule has 0 fully saturated rings. The van der Waals surface area contributed by atoms with Crippen LogP contribution in [0.5, 0.6) is 0 Å². The van der Waals surface area contributed by atoms with Crippen molar-refractivity contribution < 1.29 is 4.79 Å². The van der Waals surface area contributed by atoms with Gasteiger partial charge in [-0.2, -0.15) is 5.26 Å². The zero-order valence-electron chi connectivity index (χ0n) is 14.0. The van der Waals surface area contributed by atoms with Crippen LogP contribution in [-0.2, 0) is 5.41 Å². The third kappa shape index (κ3) is 2.68. The summed E-state index contributed by atoms with van der Waals surface area (Å²) >= 11 is 1.38. The summed E-state index contributed by atoms with van der Waals surface area (Å²) in [7, 11) is 0. The number of nitriles is 1. The summed E-state index contributed by atoms with van der Waals surface area (Å²) in [5.41, 5.74) is 3.20. The molecule has 6 heteroatoms. The molecule has 0 spiro atoms. The highest BCUT2D eigenvalue weighted by atomic mass is 32.1. The molecule has 1 N–H and O–H groups in total. The highest BCUT2D eigenvalue weighted by molar-refractivity contribution is 7.14. The van der Waals surface area contributed by atoms with Crippen molar-refractivity contribution in [3.8, 4) is 6.07 Å². The van der Waals surface area contributed by atoms with Crippen LogP contribution in [0.4, 0.5) is 5.00 Å². The van der Waals surface area contributed by atoms with E-state index < -0.39 is 0 Å². The summed E-state index contributed by atoms with van der Waals surface area (Å²) in [6.07, 6.45) is 1.81. The van der Waals surface area contributed by atoms with Gasteiger partial charge in [0.1, 0.15) is 22.4 Å². The largest absolute Gasteiger partial charge is 0.311 e. The molecule has 0 saturated heterocycles. The third-order valence-corrected chi connectivity index (χ3v) is 4.75. The van der Waals surface area contributed by atoms with Gasteiger partial charge in [0.15, 0.2) is 0 Å². The number of carbonyl (C=O) groups excluding carboxylic acids is 1. The van der Waals surface area contributed by atoms with E-state index in [0.29, 0.717) is 22.0 Å². The minimum absolute atomic E-state index is 0.149. The second kappa shape index (κ2) is 5.77. The third-order valence-electron chi connectivity index (χ3n) is 3.86. The van der Waals surface area contributed by atoms with Gasteiger partial charge in [0.25, 0.3) is 5.91 Å². The fourth-order valence-corrected chi connectivity index (χ4v) is 3.79. The van der Waals surface area contributed by atoms with Crippen molar-refractivity contribution in [2.24, 2.45) is 0 Å². The maximum atomic E-state index is 12.8. The summed E-state index contributed by atoms with van der Waals surface area (Å²) in [5.74, 6) is -0.259. The molecule has 3 aromatic heterocycles. The summed E-state index contributed by atoms with van der Waals surface area (Å²) in [6.45, 7) is 7.96. The number of fused-ring (bicyclic) bond motifs is 1. The minimum Gasteiger partial charge on any atom is -0.311 e. The number of aryl methyl sites for hydroxylation is 1. The van der Waals surface area contributed by atoms with E-state index in [9.17, 15) is 10.1 Å². The highest BCUT2D eigenvalue weighted by Crippen LogP contribution is 2.35. The molecular formula is C18H18N4OS. The van der Waals surface area contributed by atoms with Crippen molar-refractivity contribution in [3.05, 3.63) is 52.3 Å². The standard InChI is InChI=1S/C18H18N4OS/c1-11-15(22-8-6-5-7-14(22)20-11)16(23)21-17-12(9-19)13(10-24-17)18(2,3)4/h5-8,10H,1-4H3,(H,21,23). The first kappa shape index (κ1) is 16.2. The number of nitrogens with one attached hydrogen (secondary N) is 1. The van der Waals surface area contributed by atoms with Gasteiger partial charge in [0.2, 0.25) is 0 Å². The predicted molar refractivity (Wildman–Crippen MR) is 95.6 cm³/mol. The quantitative estimate of drug-likeness (QED) is 0.764. The number of thiophene rings is 1. The smallest absolute Gasteiger partial charge is 0.275 e. The lowest BCUT2D eigenvalue weighted by atomic mass is 9.86. The molecule has 3 aromatic rings. The first-order valence-electron chi connectivity index (χ1n) is 7.60. The summed E-state index contributed by atoms with van der Waals surface area (Å²) < 4.78 is 1.76. The molecule has 0 aromatic carbocycles. The summed E-state index contributed by atoms with van der Waals surface area (Å²) in [6, 6.07) is 7.82. The molecule has 0 radical (unpaired) electrons. The van der Waals surface area contributed by atoms with E-state index >= 15 is 0 Å². The van der Waals surface area contributed by atoms with Gasteiger partial charge in [0, 0.05) is 6.20 Å². The topological polar surface area (TPSA) is 70.2 Å². The SMILES string of the molecule is Cc1nc2ccccn2c1C(=O)Nc1scc(C(C)(C)C)c1C#N. The number of hydrogen-bond acceptors (Lipinski definition) is 4. The fraction of sp³-hybridized carbons (Fsp3) is 0.278. The molecule has 5 nitrogen and oxygen atoms in total. The Hall–Kier alpha value is -2.65. The van der Waals surface area contributed by atoms with Crippen LogP contribution in [0.1, 0.15) is 48.1 Å². The van der Waals surface area contributed by atoms with Crippen molar-refractivity contribution in [1.82, 2.24) is 9.38 Å². The zero-order chi connectivity index (χ0) is 17.5. The van der Waals surface area contributed by atoms with Crippen molar-refractivity contribution in [2.75, 3.05) is 5.32 Å². The van der Waals surface area contributed by atoms with E-state index in [4.69, 9.17) is 0 Å². The summed E-state index contributed by atoms with van der Waals surface area (Å²) in [5, 5.41) is 14.9. The maximum Gasteiger partial charge on any atom is 0.275 e. The van der Waals surface area contributed by atoms with Crippen LogP contribution in [-0.4, -0.2) is 15.3 Å². The molecule has 0 bridgehead atoms. The molecule has 0 saturated carbocycles. The average Bonchev–Trinajstić information content (AvgIpc) is 3.06. The number of anilines is 1. The predicted octanol–water partition coefficient (Wildman–Crippen LogP) is 4.13. The van der Waals surface area contributed by atoms with Crippen LogP contribution in [0.15, 0.2) is 29.8 Å². The maximum absolute atomic E-state index is 12.8. The Morgan fingerprint density at radius 1 is 1.38 bits per heavy atom. The molecule has 0 unspecified atom stereocenters. The normalized spacial score (nSPS) is 11.5. The lowest BCUT2D eigenvalue weighted by molar-refractivity contribution is 0.102. The number of hydrogen-bond donors (Lipinski definition) is 1. The number of imidazole rings is 1. The molecule has 24 heavy (non-hydrogen) atoms. The molecule has 1 amide bonds. The van der Waals surface area contributed by atoms with E-state index in [1.165, 1.54) is 11.3 Å². The molecule has 0 atom stereocenters. The Balaban J connectivity index is 2.00. The Morgan fingerprint density at radius 2 is 2.12 bits per heavy atom. The molecule has 3 heterocycles. The van der Waals surface area contributed by atoms with Crippen molar-refractivity contribution in [1.29, 1.82) is 5.26 Å². The number of carbonyl (C=O) groups is 1. The number of nitrogens with zero attached hydrogens (tertiary/aromatic N) is 3. The Kier molecular flexibility index (Phi) is 3.90. The zero-order valence-corrected chi connectivity index (χ0v) is 14.9. The van der Waals surface area contributed by atoms with E-state index in [-0.39, 0.29) is 11.3 Å². The van der Waals surface area contributed by atoms with Gasteiger partial charge in [-0.25, -0.2) is 4.98 Å². The van der Waals surface area contributed by atoms with Gasteiger partial charge in [0.05, 0.1) is 11.3 Å². The van der Waals surface area contributed by atoms with Crippen molar-refractivity contribution in [2.45, 2.75) is 33.1 Å². The first-order valence-corrected chi connectivity index (χ1v) is 8.48. The van der Waals surface area contributed by atoms with Gasteiger partial charge < -0.3 is 5.32 Å². The van der Waals surface area contributed by atoms with Crippen LogP contribution in [0, 0.1) is 18.3 Å². The second-order valence-corrected chi connectivity index (χ2v) is 7.52. The highest BCUT2D eigenvalue weighted by Gasteiger charge is 2.24. The van der Waals surface area contributed by atoms with Gasteiger partial charge in [-0.05, 0) is 35.4 Å². The first-order chi connectivity index (χ1) is 11.3. The average molecular weight is 338 g/mol. The van der Waals surface area contributed by atoms with Crippen LogP contribution in [0.3, 0.4) is 0 Å². The lowest BCUT2D eigenvalue weighted by Crippen LogP contribution is -2.16. The van der Waals surface area contributed by atoms with Crippen molar-refractivity contribution >= 4 is 27.9 Å². The Labute approximate surface area is 144 Å². The molecule has 122 valence electrons. The molecular weight excluding hydrogens is 320 g/mol. The fourth-order valence-electron chi connectivity index (χ4n) is 2.66. The van der Waals surface area contributed by atoms with Gasteiger partial charge in [-0.1, -0.05) is 26.8 Å². The van der Waals surface area contributed by atoms with Gasteiger partial charge >= 0.3 is 0 Å². The van der Waals surface area contributed by atoms with Crippen LogP contribution in [0.2, 0.25) is 0 Å². The minimum atomic E-state index is -0.259. The van der Waals surface area contributed by atoms with E-state index in [2.05, 4.69) is 37.1 Å². The Bertz CT molecular complexity index is 969. The van der Waals surface area contributed by atoms with E-state index in [1.54, 1.807) is 4.40 Å². The Morgan fingerprint density at radius 3 is 2.79 bits per heavy atom. The molecule has 0 aliphatic carbocycles. The van der Waals surface area contributed by atoms with Crippen LogP contribution in [0.25, 0.3) is 5.65 Å². The van der Waals surface area contributed by atoms with E-state index in [0.717, 1.165) is 11.2 Å². The number of pyridine rings is 1. The summed E-state index contributed by atoms with van der Waals surface area (Å²) in [4.78, 5) is 17.2. The number of rotatable bonds is 2. The van der Waals surface area contributed by atoms with Crippen LogP contribution < -0.4 is 5.32 Å². The van der Waals surface area contributed by atoms with Gasteiger partial charge in [-0.15, -0.1) is 11.3 Å². The van der Waals surface area contributed by atoms with Gasteiger partial charge in [-0.3, -0.25) is 9.20 Å². The molecule has 3 rings (SSSR count). The van der Waals surface area contributed by atoms with Crippen LogP contribution >= 0.6 is 11.3 Å². The van der Waals surface area contributed by atoms with Crippen molar-refractivity contribution in [3.63, 3.8) is 0 Å². The van der Waals surface area contributed by atoms with E-state index in [1.807, 2.05) is 36.7 Å². The second-order valence-electron chi connectivity index (χ2n) is 6.64. The number of amides is 1. The lowest BCUT2D eigenvalue weighted by Gasteiger charge is -2.17.